The van der Waals surface area contributed by atoms with Crippen LogP contribution in [0.3, 0.4) is 0 Å². The Bertz CT molecular complexity index is 1140. The highest BCUT2D eigenvalue weighted by Crippen LogP contribution is 2.37. The van der Waals surface area contributed by atoms with Crippen molar-refractivity contribution in [3.63, 3.8) is 0 Å². The molecule has 0 saturated carbocycles. The molecule has 0 aliphatic carbocycles. The lowest BCUT2D eigenvalue weighted by atomic mass is 10.2. The molecule has 3 amide bonds. The van der Waals surface area contributed by atoms with Crippen LogP contribution in [0.4, 0.5) is 29.3 Å². The number of carbonyl (C=O) groups excluding carboxylic acids is 2. The number of halogens is 8. The number of imide groups is 1. The second-order valence-electron chi connectivity index (χ2n) is 6.70. The van der Waals surface area contributed by atoms with Crippen LogP contribution in [0.2, 0.25) is 10.0 Å². The zero-order chi connectivity index (χ0) is 24.7. The zero-order valence-corrected chi connectivity index (χ0v) is 20.1. The van der Waals surface area contributed by atoms with Gasteiger partial charge in [0.1, 0.15) is 0 Å². The molecule has 1 fully saturated rings. The average molecular weight is 563 g/mol. The van der Waals surface area contributed by atoms with E-state index < -0.39 is 39.5 Å². The molecule has 1 N–H and O–H groups in total. The van der Waals surface area contributed by atoms with Crippen molar-refractivity contribution >= 4 is 87.2 Å². The van der Waals surface area contributed by atoms with Gasteiger partial charge in [-0.15, -0.1) is 0 Å². The molecule has 0 bridgehead atoms. The summed E-state index contributed by atoms with van der Waals surface area (Å²) in [4.78, 5) is 30.9. The molecule has 176 valence electrons. The first-order valence-electron chi connectivity index (χ1n) is 8.85. The summed E-state index contributed by atoms with van der Waals surface area (Å²) in [6, 6.07) is 7.24. The summed E-state index contributed by atoms with van der Waals surface area (Å²) in [7, 11) is 1.14. The Labute approximate surface area is 210 Å². The van der Waals surface area contributed by atoms with E-state index in [1.165, 1.54) is 24.3 Å². The zero-order valence-electron chi connectivity index (χ0n) is 16.3. The number of anilines is 2. The second kappa shape index (κ2) is 9.38. The molecule has 0 spiro atoms. The van der Waals surface area contributed by atoms with E-state index in [0.29, 0.717) is 20.9 Å². The average Bonchev–Trinajstić information content (AvgIpc) is 2.91. The summed E-state index contributed by atoms with van der Waals surface area (Å²) in [6.07, 6.45) is -6.16. The number of carbonyl (C=O) groups is 2. The van der Waals surface area contributed by atoms with Gasteiger partial charge in [-0.2, -0.15) is 13.2 Å². The fraction of sp³-hybridized carbons (Fsp3) is 0.211. The molecule has 1 atom stereocenters. The number of aliphatic imine (C=N–C) groups is 1. The largest absolute Gasteiger partial charge is 0.416 e. The molecule has 2 aromatic carbocycles. The number of nitrogens with one attached hydrogen (secondary N) is 1. The van der Waals surface area contributed by atoms with Crippen molar-refractivity contribution in [2.45, 2.75) is 16.1 Å². The SMILES string of the molecule is CN1C(=O)C(=NC(Nc2ccc(Cl)cc2Cl)C(Cl)(Cl)Cl)N(c2cccc(C(F)(F)F)c2)C1=O. The smallest absolute Gasteiger partial charge is 0.359 e. The lowest BCUT2D eigenvalue weighted by Gasteiger charge is -2.25. The van der Waals surface area contributed by atoms with Crippen LogP contribution in [-0.2, 0) is 11.0 Å². The van der Waals surface area contributed by atoms with E-state index in [1.807, 2.05) is 0 Å². The summed E-state index contributed by atoms with van der Waals surface area (Å²) in [5.41, 5.74) is -1.05. The molecular weight excluding hydrogens is 550 g/mol. The summed E-state index contributed by atoms with van der Waals surface area (Å²) in [5, 5.41) is 3.21. The maximum Gasteiger partial charge on any atom is 0.416 e. The topological polar surface area (TPSA) is 65.0 Å². The van der Waals surface area contributed by atoms with E-state index in [2.05, 4.69) is 10.3 Å². The van der Waals surface area contributed by atoms with Crippen LogP contribution in [0.5, 0.6) is 0 Å². The van der Waals surface area contributed by atoms with Crippen molar-refractivity contribution in [2.24, 2.45) is 4.99 Å². The lowest BCUT2D eigenvalue weighted by molar-refractivity contribution is -0.137. The van der Waals surface area contributed by atoms with Gasteiger partial charge in [0, 0.05) is 12.1 Å². The minimum atomic E-state index is -4.68. The number of benzene rings is 2. The standard InChI is InChI=1S/C19H12Cl5F3N4O2/c1-30-15(32)14(31(17(30)33)11-4-2-3-9(7-11)19(25,26)27)29-16(18(22,23)24)28-13-6-5-10(20)8-12(13)21/h2-8,16,28H,1H3. The number of urea groups is 1. The highest BCUT2D eigenvalue weighted by atomic mass is 35.6. The molecule has 1 heterocycles. The van der Waals surface area contributed by atoms with Crippen molar-refractivity contribution in [3.05, 3.63) is 58.1 Å². The van der Waals surface area contributed by atoms with E-state index in [1.54, 1.807) is 0 Å². The number of hydrogen-bond donors (Lipinski definition) is 1. The molecule has 33 heavy (non-hydrogen) atoms. The van der Waals surface area contributed by atoms with Gasteiger partial charge in [-0.05, 0) is 36.4 Å². The van der Waals surface area contributed by atoms with Crippen LogP contribution in [0.25, 0.3) is 0 Å². The third-order valence-electron chi connectivity index (χ3n) is 4.40. The predicted molar refractivity (Wildman–Crippen MR) is 124 cm³/mol. The Hall–Kier alpha value is -1.91. The van der Waals surface area contributed by atoms with Crippen LogP contribution in [-0.4, -0.2) is 39.7 Å². The van der Waals surface area contributed by atoms with Crippen molar-refractivity contribution in [2.75, 3.05) is 17.3 Å². The Kier molecular flexibility index (Phi) is 7.31. The van der Waals surface area contributed by atoms with E-state index >= 15 is 0 Å². The monoisotopic (exact) mass is 560 g/mol. The van der Waals surface area contributed by atoms with Crippen molar-refractivity contribution < 1.29 is 22.8 Å². The Morgan fingerprint density at radius 3 is 2.27 bits per heavy atom. The summed E-state index contributed by atoms with van der Waals surface area (Å²) < 4.78 is 37.4. The van der Waals surface area contributed by atoms with Gasteiger partial charge in [0.2, 0.25) is 9.63 Å². The molecule has 1 aliphatic heterocycles. The van der Waals surface area contributed by atoms with E-state index in [9.17, 15) is 22.8 Å². The fourth-order valence-corrected chi connectivity index (χ4v) is 3.58. The van der Waals surface area contributed by atoms with Crippen LogP contribution in [0.1, 0.15) is 5.56 Å². The quantitative estimate of drug-likeness (QED) is 0.337. The first kappa shape index (κ1) is 25.7. The van der Waals surface area contributed by atoms with Gasteiger partial charge < -0.3 is 5.32 Å². The number of likely N-dealkylation sites (N-methyl/N-ethyl adjacent to an activating group) is 1. The molecule has 6 nitrogen and oxygen atoms in total. The molecule has 3 rings (SSSR count). The van der Waals surface area contributed by atoms with Crippen molar-refractivity contribution in [1.82, 2.24) is 4.90 Å². The minimum Gasteiger partial charge on any atom is -0.359 e. The van der Waals surface area contributed by atoms with Crippen LogP contribution < -0.4 is 10.2 Å². The molecule has 0 radical (unpaired) electrons. The summed E-state index contributed by atoms with van der Waals surface area (Å²) >= 11 is 30.1. The highest BCUT2D eigenvalue weighted by Gasteiger charge is 2.44. The first-order valence-corrected chi connectivity index (χ1v) is 10.7. The van der Waals surface area contributed by atoms with Crippen LogP contribution >= 0.6 is 58.0 Å². The number of amides is 3. The Morgan fingerprint density at radius 1 is 1.03 bits per heavy atom. The molecule has 1 unspecified atom stereocenters. The number of nitrogens with zero attached hydrogens (tertiary/aromatic N) is 3. The van der Waals surface area contributed by atoms with E-state index in [-0.39, 0.29) is 16.4 Å². The highest BCUT2D eigenvalue weighted by molar-refractivity contribution is 6.68. The fourth-order valence-electron chi connectivity index (χ4n) is 2.80. The Balaban J connectivity index is 2.09. The third kappa shape index (κ3) is 5.60. The second-order valence-corrected chi connectivity index (χ2v) is 9.91. The van der Waals surface area contributed by atoms with Crippen LogP contribution in [0, 0.1) is 0 Å². The normalized spacial score (nSPS) is 17.2. The number of alkyl halides is 6. The van der Waals surface area contributed by atoms with Gasteiger partial charge in [-0.25, -0.2) is 14.7 Å². The van der Waals surface area contributed by atoms with Gasteiger partial charge in [0.05, 0.1) is 22.0 Å². The van der Waals surface area contributed by atoms with Gasteiger partial charge in [0.15, 0.2) is 6.17 Å². The molecule has 2 aromatic rings. The summed E-state index contributed by atoms with van der Waals surface area (Å²) in [5.74, 6) is -1.48. The maximum atomic E-state index is 13.2. The molecule has 0 aromatic heterocycles. The van der Waals surface area contributed by atoms with Gasteiger partial charge in [-0.1, -0.05) is 64.1 Å². The number of rotatable bonds is 4. The van der Waals surface area contributed by atoms with Crippen molar-refractivity contribution in [3.8, 4) is 0 Å². The van der Waals surface area contributed by atoms with E-state index in [0.717, 1.165) is 19.2 Å². The number of hydrogen-bond acceptors (Lipinski definition) is 4. The maximum absolute atomic E-state index is 13.2. The minimum absolute atomic E-state index is 0.141. The van der Waals surface area contributed by atoms with Gasteiger partial charge in [-0.3, -0.25) is 9.69 Å². The van der Waals surface area contributed by atoms with Crippen molar-refractivity contribution in [1.29, 1.82) is 0 Å². The first-order chi connectivity index (χ1) is 15.2. The molecule has 1 saturated heterocycles. The van der Waals surface area contributed by atoms with Gasteiger partial charge in [0.25, 0.3) is 5.91 Å². The van der Waals surface area contributed by atoms with Crippen LogP contribution in [0.15, 0.2) is 47.5 Å². The molecule has 14 heteroatoms. The third-order valence-corrected chi connectivity index (χ3v) is 5.57. The molecule has 1 aliphatic rings. The van der Waals surface area contributed by atoms with E-state index in [4.69, 9.17) is 58.0 Å². The Morgan fingerprint density at radius 2 is 1.70 bits per heavy atom. The molecular formula is C19H12Cl5F3N4O2. The lowest BCUT2D eigenvalue weighted by Crippen LogP contribution is -2.38. The number of amidine groups is 1. The predicted octanol–water partition coefficient (Wildman–Crippen LogP) is 6.62. The summed E-state index contributed by atoms with van der Waals surface area (Å²) in [6.45, 7) is 0. The van der Waals surface area contributed by atoms with Gasteiger partial charge >= 0.3 is 12.2 Å².